The van der Waals surface area contributed by atoms with Gasteiger partial charge >= 0.3 is 5.69 Å². The van der Waals surface area contributed by atoms with Crippen LogP contribution in [0.4, 0.5) is 5.69 Å². The van der Waals surface area contributed by atoms with E-state index in [1.54, 1.807) is 6.07 Å². The summed E-state index contributed by atoms with van der Waals surface area (Å²) in [5, 5.41) is 20.3. The number of aliphatic hydroxyl groups is 1. The Morgan fingerprint density at radius 3 is 2.80 bits per heavy atom. The van der Waals surface area contributed by atoms with E-state index in [4.69, 9.17) is 10.5 Å². The van der Waals surface area contributed by atoms with Gasteiger partial charge in [0.1, 0.15) is 0 Å². The number of methoxy groups -OCH3 is 1. The highest BCUT2D eigenvalue weighted by Gasteiger charge is 2.24. The van der Waals surface area contributed by atoms with Gasteiger partial charge in [0.25, 0.3) is 0 Å². The molecule has 15 heavy (non-hydrogen) atoms. The zero-order chi connectivity index (χ0) is 11.4. The lowest BCUT2D eigenvalue weighted by molar-refractivity contribution is -0.387. The molecule has 0 amide bonds. The lowest BCUT2D eigenvalue weighted by atomic mass is 10.1. The van der Waals surface area contributed by atoms with E-state index < -0.39 is 11.0 Å². The predicted molar refractivity (Wildman–Crippen MR) is 53.7 cm³/mol. The first-order chi connectivity index (χ1) is 7.11. The molecular weight excluding hydrogens is 200 g/mol. The monoisotopic (exact) mass is 212 g/mol. The third kappa shape index (κ3) is 2.23. The highest BCUT2D eigenvalue weighted by atomic mass is 16.6. The van der Waals surface area contributed by atoms with Crippen LogP contribution in [0.2, 0.25) is 0 Å². The first-order valence-corrected chi connectivity index (χ1v) is 4.31. The van der Waals surface area contributed by atoms with Crippen molar-refractivity contribution in [2.24, 2.45) is 5.73 Å². The Balaban J connectivity index is 3.31. The van der Waals surface area contributed by atoms with Crippen molar-refractivity contribution in [2.45, 2.75) is 6.10 Å². The Morgan fingerprint density at radius 1 is 1.67 bits per heavy atom. The van der Waals surface area contributed by atoms with Gasteiger partial charge in [0.2, 0.25) is 0 Å². The van der Waals surface area contributed by atoms with E-state index in [1.165, 1.54) is 19.2 Å². The van der Waals surface area contributed by atoms with Gasteiger partial charge in [-0.2, -0.15) is 0 Å². The first-order valence-electron chi connectivity index (χ1n) is 4.31. The van der Waals surface area contributed by atoms with E-state index in [-0.39, 0.29) is 23.5 Å². The van der Waals surface area contributed by atoms with Crippen LogP contribution in [-0.2, 0) is 0 Å². The summed E-state index contributed by atoms with van der Waals surface area (Å²) in [6, 6.07) is 4.49. The number of benzene rings is 1. The normalized spacial score (nSPS) is 12.2. The Kier molecular flexibility index (Phi) is 3.59. The molecule has 0 bridgehead atoms. The molecular formula is C9H12N2O4. The van der Waals surface area contributed by atoms with Crippen LogP contribution in [-0.4, -0.2) is 23.7 Å². The zero-order valence-corrected chi connectivity index (χ0v) is 8.21. The maximum absolute atomic E-state index is 10.8. The number of rotatable bonds is 4. The fourth-order valence-electron chi connectivity index (χ4n) is 1.30. The van der Waals surface area contributed by atoms with Crippen molar-refractivity contribution in [1.82, 2.24) is 0 Å². The van der Waals surface area contributed by atoms with Crippen molar-refractivity contribution in [1.29, 1.82) is 0 Å². The van der Waals surface area contributed by atoms with Crippen LogP contribution in [0.15, 0.2) is 18.2 Å². The third-order valence-corrected chi connectivity index (χ3v) is 2.01. The molecule has 1 atom stereocenters. The smallest absolute Gasteiger partial charge is 0.316 e. The minimum absolute atomic E-state index is 0.0754. The summed E-state index contributed by atoms with van der Waals surface area (Å²) in [5.41, 5.74) is 5.18. The molecule has 0 radical (unpaired) electrons. The number of para-hydroxylation sites is 1. The summed E-state index contributed by atoms with van der Waals surface area (Å²) in [6.45, 7) is -0.0754. The van der Waals surface area contributed by atoms with Gasteiger partial charge in [-0.05, 0) is 12.1 Å². The van der Waals surface area contributed by atoms with E-state index >= 15 is 0 Å². The summed E-state index contributed by atoms with van der Waals surface area (Å²) < 4.78 is 4.85. The molecule has 1 aromatic rings. The molecule has 0 aliphatic carbocycles. The summed E-state index contributed by atoms with van der Waals surface area (Å²) >= 11 is 0. The van der Waals surface area contributed by atoms with Crippen LogP contribution in [0, 0.1) is 10.1 Å². The van der Waals surface area contributed by atoms with Gasteiger partial charge in [-0.25, -0.2) is 0 Å². The Labute approximate surface area is 86.4 Å². The number of nitro benzene ring substituents is 1. The van der Waals surface area contributed by atoms with Crippen molar-refractivity contribution in [3.05, 3.63) is 33.9 Å². The molecule has 0 aliphatic heterocycles. The van der Waals surface area contributed by atoms with Gasteiger partial charge in [0, 0.05) is 6.54 Å². The second kappa shape index (κ2) is 4.72. The molecule has 0 aromatic heterocycles. The topological polar surface area (TPSA) is 98.6 Å². The molecule has 6 nitrogen and oxygen atoms in total. The lowest BCUT2D eigenvalue weighted by Gasteiger charge is -2.10. The molecule has 0 fully saturated rings. The maximum atomic E-state index is 10.8. The molecule has 0 saturated carbocycles. The van der Waals surface area contributed by atoms with Crippen LogP contribution in [0.5, 0.6) is 5.75 Å². The zero-order valence-electron chi connectivity index (χ0n) is 8.21. The quantitative estimate of drug-likeness (QED) is 0.562. The van der Waals surface area contributed by atoms with Crippen LogP contribution in [0.1, 0.15) is 11.7 Å². The number of nitro groups is 1. The Bertz CT molecular complexity index is 367. The van der Waals surface area contributed by atoms with Gasteiger partial charge in [0.15, 0.2) is 5.75 Å². The molecule has 0 heterocycles. The average Bonchev–Trinajstić information content (AvgIpc) is 2.26. The van der Waals surface area contributed by atoms with E-state index in [0.717, 1.165) is 0 Å². The van der Waals surface area contributed by atoms with Crippen molar-refractivity contribution in [3.63, 3.8) is 0 Å². The second-order valence-corrected chi connectivity index (χ2v) is 2.91. The van der Waals surface area contributed by atoms with Gasteiger partial charge < -0.3 is 15.6 Å². The summed E-state index contributed by atoms with van der Waals surface area (Å²) in [7, 11) is 1.33. The summed E-state index contributed by atoms with van der Waals surface area (Å²) in [6.07, 6.45) is -1.06. The van der Waals surface area contributed by atoms with Crippen molar-refractivity contribution in [3.8, 4) is 5.75 Å². The van der Waals surface area contributed by atoms with Crippen LogP contribution >= 0.6 is 0 Å². The number of hydrogen-bond acceptors (Lipinski definition) is 5. The van der Waals surface area contributed by atoms with Crippen LogP contribution in [0.25, 0.3) is 0 Å². The highest BCUT2D eigenvalue weighted by molar-refractivity contribution is 5.53. The summed E-state index contributed by atoms with van der Waals surface area (Å²) in [5.74, 6) is 0.116. The fraction of sp³-hybridized carbons (Fsp3) is 0.333. The van der Waals surface area contributed by atoms with Crippen LogP contribution < -0.4 is 10.5 Å². The van der Waals surface area contributed by atoms with E-state index in [0.29, 0.717) is 0 Å². The molecule has 0 spiro atoms. The number of ether oxygens (including phenoxy) is 1. The Hall–Kier alpha value is -1.66. The molecule has 6 heteroatoms. The van der Waals surface area contributed by atoms with Crippen molar-refractivity contribution < 1.29 is 14.8 Å². The number of nitrogens with zero attached hydrogens (tertiary/aromatic N) is 1. The minimum Gasteiger partial charge on any atom is -0.490 e. The maximum Gasteiger partial charge on any atom is 0.316 e. The highest BCUT2D eigenvalue weighted by Crippen LogP contribution is 2.33. The molecule has 1 aromatic carbocycles. The van der Waals surface area contributed by atoms with Gasteiger partial charge in [-0.1, -0.05) is 6.07 Å². The van der Waals surface area contributed by atoms with E-state index in [1.807, 2.05) is 0 Å². The van der Waals surface area contributed by atoms with Gasteiger partial charge in [0.05, 0.1) is 23.7 Å². The lowest BCUT2D eigenvalue weighted by Crippen LogP contribution is -2.13. The summed E-state index contributed by atoms with van der Waals surface area (Å²) in [4.78, 5) is 10.2. The number of hydrogen-bond donors (Lipinski definition) is 2. The molecule has 82 valence electrons. The second-order valence-electron chi connectivity index (χ2n) is 2.91. The molecule has 0 aliphatic rings. The molecule has 1 rings (SSSR count). The Morgan fingerprint density at radius 2 is 2.33 bits per heavy atom. The van der Waals surface area contributed by atoms with E-state index in [9.17, 15) is 15.2 Å². The third-order valence-electron chi connectivity index (χ3n) is 2.01. The first kappa shape index (κ1) is 11.4. The fourth-order valence-corrected chi connectivity index (χ4v) is 1.30. The molecule has 0 unspecified atom stereocenters. The number of aliphatic hydroxyl groups excluding tert-OH is 1. The minimum atomic E-state index is -1.06. The van der Waals surface area contributed by atoms with Gasteiger partial charge in [-0.15, -0.1) is 0 Å². The SMILES string of the molecule is COc1cccc([C@@H](O)CN)c1[N+](=O)[O-]. The van der Waals surface area contributed by atoms with E-state index in [2.05, 4.69) is 0 Å². The standard InChI is InChI=1S/C9H12N2O4/c1-15-8-4-2-3-6(7(12)5-10)9(8)11(13)14/h2-4,7,12H,5,10H2,1H3/t7-/m0/s1. The molecule has 3 N–H and O–H groups in total. The average molecular weight is 212 g/mol. The largest absolute Gasteiger partial charge is 0.490 e. The predicted octanol–water partition coefficient (Wildman–Crippen LogP) is 0.595. The number of nitrogens with two attached hydrogens (primary N) is 1. The molecule has 0 saturated heterocycles. The van der Waals surface area contributed by atoms with Gasteiger partial charge in [-0.3, -0.25) is 10.1 Å². The van der Waals surface area contributed by atoms with Crippen molar-refractivity contribution >= 4 is 5.69 Å². The van der Waals surface area contributed by atoms with Crippen LogP contribution in [0.3, 0.4) is 0 Å². The van der Waals surface area contributed by atoms with Crippen molar-refractivity contribution in [2.75, 3.05) is 13.7 Å².